The molecule has 0 radical (unpaired) electrons. The van der Waals surface area contributed by atoms with Crippen molar-refractivity contribution in [3.8, 4) is 0 Å². The molecule has 0 bridgehead atoms. The number of aromatic nitrogens is 2. The van der Waals surface area contributed by atoms with E-state index in [4.69, 9.17) is 5.84 Å². The van der Waals surface area contributed by atoms with E-state index in [-0.39, 0.29) is 6.04 Å². The quantitative estimate of drug-likeness (QED) is 0.619. The van der Waals surface area contributed by atoms with Crippen molar-refractivity contribution >= 4 is 0 Å². The van der Waals surface area contributed by atoms with E-state index in [2.05, 4.69) is 15.4 Å². The lowest BCUT2D eigenvalue weighted by atomic mass is 9.84. The van der Waals surface area contributed by atoms with E-state index in [0.29, 0.717) is 0 Å². The number of rotatable bonds is 4. The van der Waals surface area contributed by atoms with Crippen LogP contribution in [0.25, 0.3) is 0 Å². The molecule has 2 rings (SSSR count). The van der Waals surface area contributed by atoms with Gasteiger partial charge in [0.25, 0.3) is 0 Å². The van der Waals surface area contributed by atoms with Gasteiger partial charge in [0.05, 0.1) is 23.6 Å². The van der Waals surface area contributed by atoms with Gasteiger partial charge >= 0.3 is 0 Å². The largest absolute Gasteiger partial charge is 0.271 e. The highest BCUT2D eigenvalue weighted by atomic mass is 15.2. The summed E-state index contributed by atoms with van der Waals surface area (Å²) in [6.45, 7) is 1.95. The molecule has 1 unspecified atom stereocenters. The van der Waals surface area contributed by atoms with E-state index in [0.717, 1.165) is 23.7 Å². The van der Waals surface area contributed by atoms with Gasteiger partial charge in [-0.15, -0.1) is 0 Å². The van der Waals surface area contributed by atoms with Crippen LogP contribution in [-0.2, 0) is 0 Å². The van der Waals surface area contributed by atoms with Gasteiger partial charge in [0.2, 0.25) is 0 Å². The lowest BCUT2D eigenvalue weighted by Gasteiger charge is -2.25. The van der Waals surface area contributed by atoms with Crippen LogP contribution in [0.4, 0.5) is 0 Å². The molecule has 1 heterocycles. The Bertz CT molecular complexity index is 330. The Labute approximate surface area is 103 Å². The molecule has 17 heavy (non-hydrogen) atoms. The van der Waals surface area contributed by atoms with Crippen LogP contribution in [0.2, 0.25) is 0 Å². The molecule has 1 fully saturated rings. The molecular formula is C13H22N4. The SMILES string of the molecule is Cc1cnc(C(CC2CCCCC2)NN)cn1. The van der Waals surface area contributed by atoms with Crippen molar-refractivity contribution in [2.75, 3.05) is 0 Å². The van der Waals surface area contributed by atoms with Gasteiger partial charge < -0.3 is 0 Å². The van der Waals surface area contributed by atoms with Crippen molar-refractivity contribution in [3.63, 3.8) is 0 Å². The fraction of sp³-hybridized carbons (Fsp3) is 0.692. The van der Waals surface area contributed by atoms with Crippen molar-refractivity contribution in [2.45, 2.75) is 51.5 Å². The van der Waals surface area contributed by atoms with Gasteiger partial charge in [-0.05, 0) is 19.3 Å². The van der Waals surface area contributed by atoms with Crippen LogP contribution in [0, 0.1) is 12.8 Å². The first-order valence-electron chi connectivity index (χ1n) is 6.54. The van der Waals surface area contributed by atoms with Gasteiger partial charge in [0.1, 0.15) is 0 Å². The maximum Gasteiger partial charge on any atom is 0.0769 e. The molecule has 4 heteroatoms. The highest BCUT2D eigenvalue weighted by molar-refractivity contribution is 5.05. The van der Waals surface area contributed by atoms with Crippen molar-refractivity contribution in [1.29, 1.82) is 0 Å². The molecule has 0 amide bonds. The minimum Gasteiger partial charge on any atom is -0.271 e. The minimum absolute atomic E-state index is 0.145. The van der Waals surface area contributed by atoms with Crippen molar-refractivity contribution in [1.82, 2.24) is 15.4 Å². The van der Waals surface area contributed by atoms with Gasteiger partial charge in [0.15, 0.2) is 0 Å². The van der Waals surface area contributed by atoms with E-state index < -0.39 is 0 Å². The molecule has 1 saturated carbocycles. The van der Waals surface area contributed by atoms with Crippen LogP contribution in [-0.4, -0.2) is 9.97 Å². The fourth-order valence-corrected chi connectivity index (χ4v) is 2.61. The molecule has 4 nitrogen and oxygen atoms in total. The number of aryl methyl sites for hydroxylation is 1. The summed E-state index contributed by atoms with van der Waals surface area (Å²) in [5.41, 5.74) is 4.79. The Morgan fingerprint density at radius 1 is 1.29 bits per heavy atom. The second kappa shape index (κ2) is 6.07. The van der Waals surface area contributed by atoms with Crippen molar-refractivity contribution in [2.24, 2.45) is 11.8 Å². The Kier molecular flexibility index (Phi) is 4.45. The molecule has 0 aliphatic heterocycles. The molecule has 1 atom stereocenters. The zero-order chi connectivity index (χ0) is 12.1. The molecule has 94 valence electrons. The van der Waals surface area contributed by atoms with Gasteiger partial charge in [-0.25, -0.2) is 0 Å². The number of nitrogens with two attached hydrogens (primary N) is 1. The summed E-state index contributed by atoms with van der Waals surface area (Å²) in [4.78, 5) is 8.69. The predicted molar refractivity (Wildman–Crippen MR) is 68.0 cm³/mol. The normalized spacial score (nSPS) is 19.2. The second-order valence-electron chi connectivity index (χ2n) is 5.04. The summed E-state index contributed by atoms with van der Waals surface area (Å²) < 4.78 is 0. The van der Waals surface area contributed by atoms with E-state index in [1.165, 1.54) is 32.1 Å². The second-order valence-corrected chi connectivity index (χ2v) is 5.04. The summed E-state index contributed by atoms with van der Waals surface area (Å²) >= 11 is 0. The van der Waals surface area contributed by atoms with E-state index >= 15 is 0 Å². The molecule has 1 aromatic rings. The lowest BCUT2D eigenvalue weighted by molar-refractivity contribution is 0.298. The minimum atomic E-state index is 0.145. The average Bonchev–Trinajstić information content (AvgIpc) is 2.38. The summed E-state index contributed by atoms with van der Waals surface area (Å²) in [5, 5.41) is 0. The van der Waals surface area contributed by atoms with Gasteiger partial charge in [-0.3, -0.25) is 21.2 Å². The molecule has 1 aliphatic carbocycles. The third kappa shape index (κ3) is 3.48. The smallest absolute Gasteiger partial charge is 0.0769 e. The number of nitrogens with zero attached hydrogens (tertiary/aromatic N) is 2. The van der Waals surface area contributed by atoms with Crippen LogP contribution < -0.4 is 11.3 Å². The molecule has 0 spiro atoms. The van der Waals surface area contributed by atoms with E-state index in [1.807, 2.05) is 13.1 Å². The summed E-state index contributed by atoms with van der Waals surface area (Å²) in [6.07, 6.45) is 11.5. The molecule has 1 aliphatic rings. The summed E-state index contributed by atoms with van der Waals surface area (Å²) in [6, 6.07) is 0.145. The maximum atomic E-state index is 5.64. The monoisotopic (exact) mass is 234 g/mol. The first-order valence-corrected chi connectivity index (χ1v) is 6.54. The van der Waals surface area contributed by atoms with Gasteiger partial charge in [-0.1, -0.05) is 32.1 Å². The number of hydrogen-bond acceptors (Lipinski definition) is 4. The lowest BCUT2D eigenvalue weighted by Crippen LogP contribution is -2.31. The fourth-order valence-electron chi connectivity index (χ4n) is 2.61. The average molecular weight is 234 g/mol. The maximum absolute atomic E-state index is 5.64. The third-order valence-corrected chi connectivity index (χ3v) is 3.65. The molecule has 0 aromatic carbocycles. The number of hydrazine groups is 1. The summed E-state index contributed by atoms with van der Waals surface area (Å²) in [7, 11) is 0. The topological polar surface area (TPSA) is 63.8 Å². The Morgan fingerprint density at radius 2 is 2.06 bits per heavy atom. The first kappa shape index (κ1) is 12.5. The third-order valence-electron chi connectivity index (χ3n) is 3.65. The van der Waals surface area contributed by atoms with Gasteiger partial charge in [-0.2, -0.15) is 0 Å². The highest BCUT2D eigenvalue weighted by Crippen LogP contribution is 2.30. The van der Waals surface area contributed by atoms with Crippen molar-refractivity contribution in [3.05, 3.63) is 23.8 Å². The first-order chi connectivity index (χ1) is 8.29. The van der Waals surface area contributed by atoms with Crippen LogP contribution in [0.1, 0.15) is 56.0 Å². The number of hydrogen-bond donors (Lipinski definition) is 2. The van der Waals surface area contributed by atoms with Crippen LogP contribution >= 0.6 is 0 Å². The van der Waals surface area contributed by atoms with Crippen LogP contribution in [0.15, 0.2) is 12.4 Å². The zero-order valence-electron chi connectivity index (χ0n) is 10.5. The zero-order valence-corrected chi connectivity index (χ0v) is 10.5. The standard InChI is InChI=1S/C13H22N4/c1-10-8-16-13(9-15-10)12(17-14)7-11-5-3-2-4-6-11/h8-9,11-12,17H,2-7,14H2,1H3. The number of nitrogens with one attached hydrogen (secondary N) is 1. The van der Waals surface area contributed by atoms with Crippen LogP contribution in [0.3, 0.4) is 0 Å². The Morgan fingerprint density at radius 3 is 2.65 bits per heavy atom. The Hall–Kier alpha value is -1.00. The van der Waals surface area contributed by atoms with E-state index in [1.54, 1.807) is 6.20 Å². The van der Waals surface area contributed by atoms with E-state index in [9.17, 15) is 0 Å². The molecule has 1 aromatic heterocycles. The Balaban J connectivity index is 1.97. The summed E-state index contributed by atoms with van der Waals surface area (Å²) in [5.74, 6) is 6.43. The predicted octanol–water partition coefficient (Wildman–Crippen LogP) is 2.26. The van der Waals surface area contributed by atoms with Crippen LogP contribution in [0.5, 0.6) is 0 Å². The highest BCUT2D eigenvalue weighted by Gasteiger charge is 2.20. The molecule has 3 N–H and O–H groups in total. The van der Waals surface area contributed by atoms with Gasteiger partial charge in [0, 0.05) is 6.20 Å². The van der Waals surface area contributed by atoms with Crippen molar-refractivity contribution < 1.29 is 0 Å². The molecule has 0 saturated heterocycles. The molecular weight excluding hydrogens is 212 g/mol.